The maximum absolute atomic E-state index is 12.4. The molecule has 1 aliphatic rings. The second kappa shape index (κ2) is 8.61. The zero-order valence-electron chi connectivity index (χ0n) is 15.1. The van der Waals surface area contributed by atoms with Crippen LogP contribution in [-0.4, -0.2) is 41.3 Å². The van der Waals surface area contributed by atoms with Crippen LogP contribution in [0.5, 0.6) is 0 Å². The van der Waals surface area contributed by atoms with Gasteiger partial charge in [-0.2, -0.15) is 0 Å². The largest absolute Gasteiger partial charge is 0.352 e. The molecule has 0 atom stereocenters. The first-order valence-electron chi connectivity index (χ1n) is 9.24. The minimum atomic E-state index is -0.0264. The standard InChI is InChI=1S/C21H25N3O2/c1-2-16-5-7-18(8-6-16)20(25)23-14-17-9-12-24(13-10-17)21(26)19-4-3-11-22-15-19/h3-8,11,15,17H,2,9-10,12-14H2,1H3,(H,23,25). The number of carbonyl (C=O) groups excluding carboxylic acids is 2. The van der Waals surface area contributed by atoms with Crippen LogP contribution in [0.2, 0.25) is 0 Å². The van der Waals surface area contributed by atoms with Crippen LogP contribution in [0.1, 0.15) is 46.0 Å². The summed E-state index contributed by atoms with van der Waals surface area (Å²) < 4.78 is 0. The van der Waals surface area contributed by atoms with Gasteiger partial charge in [-0.3, -0.25) is 14.6 Å². The Hall–Kier alpha value is -2.69. The molecule has 1 saturated heterocycles. The molecular formula is C21H25N3O2. The number of benzene rings is 1. The summed E-state index contributed by atoms with van der Waals surface area (Å²) in [5, 5.41) is 3.03. The van der Waals surface area contributed by atoms with E-state index < -0.39 is 0 Å². The van der Waals surface area contributed by atoms with Crippen molar-refractivity contribution in [3.05, 3.63) is 65.5 Å². The molecule has 0 spiro atoms. The van der Waals surface area contributed by atoms with Gasteiger partial charge in [0.15, 0.2) is 0 Å². The van der Waals surface area contributed by atoms with Crippen LogP contribution in [0.3, 0.4) is 0 Å². The molecule has 0 unspecified atom stereocenters. The molecule has 1 aromatic carbocycles. The van der Waals surface area contributed by atoms with Crippen molar-refractivity contribution in [3.8, 4) is 0 Å². The number of hydrogen-bond acceptors (Lipinski definition) is 3. The smallest absolute Gasteiger partial charge is 0.255 e. The number of aryl methyl sites for hydroxylation is 1. The Kier molecular flexibility index (Phi) is 6.00. The van der Waals surface area contributed by atoms with Crippen molar-refractivity contribution in [1.82, 2.24) is 15.2 Å². The number of aromatic nitrogens is 1. The molecule has 1 aliphatic heterocycles. The van der Waals surface area contributed by atoms with Crippen LogP contribution >= 0.6 is 0 Å². The van der Waals surface area contributed by atoms with Crippen molar-refractivity contribution in [1.29, 1.82) is 0 Å². The molecule has 3 rings (SSSR count). The Morgan fingerprint density at radius 2 is 1.85 bits per heavy atom. The summed E-state index contributed by atoms with van der Waals surface area (Å²) in [6, 6.07) is 11.3. The predicted molar refractivity (Wildman–Crippen MR) is 101 cm³/mol. The topological polar surface area (TPSA) is 62.3 Å². The molecule has 1 N–H and O–H groups in total. The van der Waals surface area contributed by atoms with Crippen molar-refractivity contribution in [2.24, 2.45) is 5.92 Å². The quantitative estimate of drug-likeness (QED) is 0.901. The SMILES string of the molecule is CCc1ccc(C(=O)NCC2CCN(C(=O)c3cccnc3)CC2)cc1. The van der Waals surface area contributed by atoms with Gasteiger partial charge >= 0.3 is 0 Å². The lowest BCUT2D eigenvalue weighted by Gasteiger charge is -2.32. The summed E-state index contributed by atoms with van der Waals surface area (Å²) in [7, 11) is 0. The molecule has 0 bridgehead atoms. The summed E-state index contributed by atoms with van der Waals surface area (Å²) in [6.45, 7) is 4.20. The number of likely N-dealkylation sites (tertiary alicyclic amines) is 1. The third-order valence-corrected chi connectivity index (χ3v) is 4.99. The summed E-state index contributed by atoms with van der Waals surface area (Å²) in [5.41, 5.74) is 2.56. The maximum atomic E-state index is 12.4. The van der Waals surface area contributed by atoms with E-state index >= 15 is 0 Å². The number of nitrogens with one attached hydrogen (secondary N) is 1. The zero-order chi connectivity index (χ0) is 18.4. The van der Waals surface area contributed by atoms with Crippen molar-refractivity contribution < 1.29 is 9.59 Å². The highest BCUT2D eigenvalue weighted by atomic mass is 16.2. The fraction of sp³-hybridized carbons (Fsp3) is 0.381. The monoisotopic (exact) mass is 351 g/mol. The number of piperidine rings is 1. The van der Waals surface area contributed by atoms with Gasteiger partial charge in [0.05, 0.1) is 5.56 Å². The van der Waals surface area contributed by atoms with Gasteiger partial charge in [-0.1, -0.05) is 19.1 Å². The maximum Gasteiger partial charge on any atom is 0.255 e. The number of nitrogens with zero attached hydrogens (tertiary/aromatic N) is 2. The Bertz CT molecular complexity index is 736. The summed E-state index contributed by atoms with van der Waals surface area (Å²) in [5.74, 6) is 0.421. The lowest BCUT2D eigenvalue weighted by atomic mass is 9.96. The summed E-state index contributed by atoms with van der Waals surface area (Å²) in [4.78, 5) is 30.6. The highest BCUT2D eigenvalue weighted by Gasteiger charge is 2.24. The molecule has 5 heteroatoms. The molecular weight excluding hydrogens is 326 g/mol. The molecule has 2 heterocycles. The predicted octanol–water partition coefficient (Wildman–Crippen LogP) is 2.93. The van der Waals surface area contributed by atoms with E-state index in [1.807, 2.05) is 29.2 Å². The van der Waals surface area contributed by atoms with E-state index in [9.17, 15) is 9.59 Å². The van der Waals surface area contributed by atoms with Crippen LogP contribution in [0.15, 0.2) is 48.8 Å². The molecule has 2 amide bonds. The van der Waals surface area contributed by atoms with Crippen LogP contribution in [-0.2, 0) is 6.42 Å². The molecule has 0 saturated carbocycles. The molecule has 1 aromatic heterocycles. The zero-order valence-corrected chi connectivity index (χ0v) is 15.1. The van der Waals surface area contributed by atoms with Gasteiger partial charge in [-0.05, 0) is 55.0 Å². The van der Waals surface area contributed by atoms with E-state index in [1.54, 1.807) is 24.5 Å². The highest BCUT2D eigenvalue weighted by molar-refractivity contribution is 5.94. The van der Waals surface area contributed by atoms with E-state index in [2.05, 4.69) is 17.2 Å². The Morgan fingerprint density at radius 1 is 1.12 bits per heavy atom. The van der Waals surface area contributed by atoms with Crippen molar-refractivity contribution >= 4 is 11.8 Å². The van der Waals surface area contributed by atoms with Crippen LogP contribution in [0.4, 0.5) is 0 Å². The van der Waals surface area contributed by atoms with Gasteiger partial charge in [0.1, 0.15) is 0 Å². The number of carbonyl (C=O) groups is 2. The molecule has 136 valence electrons. The molecule has 1 fully saturated rings. The number of hydrogen-bond donors (Lipinski definition) is 1. The highest BCUT2D eigenvalue weighted by Crippen LogP contribution is 2.18. The number of pyridine rings is 1. The first kappa shape index (κ1) is 18.1. The Balaban J connectivity index is 1.45. The Labute approximate surface area is 154 Å². The van der Waals surface area contributed by atoms with Gasteiger partial charge in [0, 0.05) is 37.6 Å². The van der Waals surface area contributed by atoms with Gasteiger partial charge < -0.3 is 10.2 Å². The van der Waals surface area contributed by atoms with E-state index in [-0.39, 0.29) is 11.8 Å². The molecule has 26 heavy (non-hydrogen) atoms. The summed E-state index contributed by atoms with van der Waals surface area (Å²) >= 11 is 0. The van der Waals surface area contributed by atoms with E-state index in [1.165, 1.54) is 5.56 Å². The van der Waals surface area contributed by atoms with Gasteiger partial charge in [-0.15, -0.1) is 0 Å². The van der Waals surface area contributed by atoms with E-state index in [0.29, 0.717) is 23.6 Å². The Morgan fingerprint density at radius 3 is 2.46 bits per heavy atom. The van der Waals surface area contributed by atoms with Crippen molar-refractivity contribution in [2.75, 3.05) is 19.6 Å². The third kappa shape index (κ3) is 4.48. The van der Waals surface area contributed by atoms with E-state index in [4.69, 9.17) is 0 Å². The minimum absolute atomic E-state index is 0.0264. The van der Waals surface area contributed by atoms with Crippen LogP contribution in [0, 0.1) is 5.92 Å². The first-order valence-corrected chi connectivity index (χ1v) is 9.24. The average molecular weight is 351 g/mol. The first-order chi connectivity index (χ1) is 12.7. The second-order valence-electron chi connectivity index (χ2n) is 6.74. The lowest BCUT2D eigenvalue weighted by Crippen LogP contribution is -2.41. The fourth-order valence-corrected chi connectivity index (χ4v) is 3.24. The van der Waals surface area contributed by atoms with Gasteiger partial charge in [0.25, 0.3) is 11.8 Å². The van der Waals surface area contributed by atoms with Gasteiger partial charge in [-0.25, -0.2) is 0 Å². The van der Waals surface area contributed by atoms with E-state index in [0.717, 1.165) is 32.4 Å². The van der Waals surface area contributed by atoms with Crippen molar-refractivity contribution in [2.45, 2.75) is 26.2 Å². The summed E-state index contributed by atoms with van der Waals surface area (Å²) in [6.07, 6.45) is 6.06. The van der Waals surface area contributed by atoms with Crippen LogP contribution < -0.4 is 5.32 Å². The molecule has 2 aromatic rings. The van der Waals surface area contributed by atoms with Crippen molar-refractivity contribution in [3.63, 3.8) is 0 Å². The minimum Gasteiger partial charge on any atom is -0.352 e. The van der Waals surface area contributed by atoms with Gasteiger partial charge in [0.2, 0.25) is 0 Å². The fourth-order valence-electron chi connectivity index (χ4n) is 3.24. The molecule has 0 aliphatic carbocycles. The number of amides is 2. The second-order valence-corrected chi connectivity index (χ2v) is 6.74. The average Bonchev–Trinajstić information content (AvgIpc) is 2.72. The van der Waals surface area contributed by atoms with Crippen LogP contribution in [0.25, 0.3) is 0 Å². The molecule has 0 radical (unpaired) electrons. The lowest BCUT2D eigenvalue weighted by molar-refractivity contribution is 0.0684. The normalized spacial score (nSPS) is 14.9. The molecule has 5 nitrogen and oxygen atoms in total. The number of rotatable bonds is 5. The third-order valence-electron chi connectivity index (χ3n) is 4.99.